The van der Waals surface area contributed by atoms with E-state index in [4.69, 9.17) is 5.11 Å². The average Bonchev–Trinajstić information content (AvgIpc) is 2.29. The zero-order valence-corrected chi connectivity index (χ0v) is 10.5. The van der Waals surface area contributed by atoms with Crippen LogP contribution in [0.15, 0.2) is 15.5 Å². The Labute approximate surface area is 105 Å². The maximum Gasteiger partial charge on any atom is 0.289 e. The third-order valence-corrected chi connectivity index (χ3v) is 3.19. The molecule has 0 spiro atoms. The summed E-state index contributed by atoms with van der Waals surface area (Å²) in [6, 6.07) is 0. The lowest BCUT2D eigenvalue weighted by Crippen LogP contribution is -2.29. The van der Waals surface area contributed by atoms with Crippen LogP contribution in [-0.4, -0.2) is 32.4 Å². The number of nitro groups is 1. The minimum absolute atomic E-state index is 0.0804. The van der Waals surface area contributed by atoms with Gasteiger partial charge in [0.05, 0.1) is 34.8 Å². The fourth-order valence-corrected chi connectivity index (χ4v) is 1.74. The van der Waals surface area contributed by atoms with Crippen LogP contribution in [0.4, 0.5) is 5.69 Å². The van der Waals surface area contributed by atoms with Crippen molar-refractivity contribution in [1.82, 2.24) is 4.57 Å². The van der Waals surface area contributed by atoms with Crippen molar-refractivity contribution in [2.24, 2.45) is 0 Å². The minimum atomic E-state index is -1.14. The molecule has 8 heteroatoms. The van der Waals surface area contributed by atoms with Crippen molar-refractivity contribution in [2.45, 2.75) is 19.6 Å². The van der Waals surface area contributed by atoms with Gasteiger partial charge in [0.2, 0.25) is 0 Å². The number of hydrogen-bond donors (Lipinski definition) is 2. The number of aromatic nitrogens is 1. The molecule has 0 amide bonds. The normalized spacial score (nSPS) is 12.5. The lowest BCUT2D eigenvalue weighted by Gasteiger charge is -2.11. The van der Waals surface area contributed by atoms with Gasteiger partial charge in [0, 0.05) is 5.56 Å². The van der Waals surface area contributed by atoms with E-state index in [2.05, 4.69) is 15.9 Å². The summed E-state index contributed by atoms with van der Waals surface area (Å²) in [5, 5.41) is 28.7. The average molecular weight is 307 g/mol. The second-order valence-corrected chi connectivity index (χ2v) is 4.30. The second kappa shape index (κ2) is 5.39. The summed E-state index contributed by atoms with van der Waals surface area (Å²) in [5.41, 5.74) is -0.475. The van der Waals surface area contributed by atoms with E-state index >= 15 is 0 Å². The van der Waals surface area contributed by atoms with Crippen LogP contribution in [0.3, 0.4) is 0 Å². The van der Waals surface area contributed by atoms with Crippen molar-refractivity contribution < 1.29 is 15.1 Å². The molecule has 0 aliphatic rings. The summed E-state index contributed by atoms with van der Waals surface area (Å²) in [7, 11) is 0. The van der Waals surface area contributed by atoms with Crippen molar-refractivity contribution in [1.29, 1.82) is 0 Å². The first kappa shape index (κ1) is 13.8. The third-order valence-electron chi connectivity index (χ3n) is 2.26. The van der Waals surface area contributed by atoms with Gasteiger partial charge in [-0.15, -0.1) is 0 Å². The van der Waals surface area contributed by atoms with Gasteiger partial charge in [-0.25, -0.2) is 0 Å². The predicted octanol–water partition coefficient (Wildman–Crippen LogP) is 0.181. The molecule has 0 saturated carbocycles. The lowest BCUT2D eigenvalue weighted by atomic mass is 10.2. The number of pyridine rings is 1. The van der Waals surface area contributed by atoms with Gasteiger partial charge >= 0.3 is 0 Å². The molecule has 1 atom stereocenters. The zero-order valence-electron chi connectivity index (χ0n) is 8.96. The largest absolute Gasteiger partial charge is 0.394 e. The molecule has 0 aliphatic heterocycles. The van der Waals surface area contributed by atoms with Crippen LogP contribution in [0, 0.1) is 17.0 Å². The number of hydrogen-bond acceptors (Lipinski definition) is 5. The molecule has 7 nitrogen and oxygen atoms in total. The molecule has 0 aliphatic carbocycles. The topological polar surface area (TPSA) is 106 Å². The van der Waals surface area contributed by atoms with E-state index in [1.165, 1.54) is 6.92 Å². The van der Waals surface area contributed by atoms with Gasteiger partial charge in [0.25, 0.3) is 11.2 Å². The highest BCUT2D eigenvalue weighted by atomic mass is 79.9. The summed E-state index contributed by atoms with van der Waals surface area (Å²) < 4.78 is 1.08. The van der Waals surface area contributed by atoms with Crippen LogP contribution in [0.1, 0.15) is 5.56 Å². The maximum atomic E-state index is 11.7. The molecular formula is C9H11BrN2O5. The van der Waals surface area contributed by atoms with Crippen LogP contribution < -0.4 is 5.56 Å². The summed E-state index contributed by atoms with van der Waals surface area (Å²) in [6.07, 6.45) is -0.0803. The predicted molar refractivity (Wildman–Crippen MR) is 62.9 cm³/mol. The van der Waals surface area contributed by atoms with E-state index in [-0.39, 0.29) is 22.3 Å². The Morgan fingerprint density at radius 3 is 2.71 bits per heavy atom. The molecule has 1 aromatic heterocycles. The Hall–Kier alpha value is -1.25. The Morgan fingerprint density at radius 2 is 2.24 bits per heavy atom. The van der Waals surface area contributed by atoms with E-state index < -0.39 is 23.2 Å². The number of halogens is 1. The Balaban J connectivity index is 3.32. The smallest absolute Gasteiger partial charge is 0.289 e. The molecule has 1 heterocycles. The maximum absolute atomic E-state index is 11.7. The van der Waals surface area contributed by atoms with E-state index in [0.29, 0.717) is 0 Å². The molecule has 1 aromatic rings. The number of rotatable bonds is 4. The molecule has 2 N–H and O–H groups in total. The highest BCUT2D eigenvalue weighted by molar-refractivity contribution is 9.10. The monoisotopic (exact) mass is 306 g/mol. The fraction of sp³-hybridized carbons (Fsp3) is 0.444. The third kappa shape index (κ3) is 2.90. The van der Waals surface area contributed by atoms with Crippen LogP contribution >= 0.6 is 15.9 Å². The van der Waals surface area contributed by atoms with Crippen molar-refractivity contribution in [2.75, 3.05) is 6.61 Å². The van der Waals surface area contributed by atoms with Crippen LogP contribution in [-0.2, 0) is 6.54 Å². The first-order chi connectivity index (χ1) is 7.88. The van der Waals surface area contributed by atoms with E-state index in [1.54, 1.807) is 0 Å². The summed E-state index contributed by atoms with van der Waals surface area (Å²) in [5.74, 6) is 0. The number of aliphatic hydroxyl groups is 2. The van der Waals surface area contributed by atoms with Gasteiger partial charge < -0.3 is 14.8 Å². The highest BCUT2D eigenvalue weighted by Crippen LogP contribution is 2.22. The lowest BCUT2D eigenvalue weighted by molar-refractivity contribution is -0.386. The molecule has 1 rings (SSSR count). The van der Waals surface area contributed by atoms with E-state index in [9.17, 15) is 20.0 Å². The van der Waals surface area contributed by atoms with Crippen molar-refractivity contribution in [3.63, 3.8) is 0 Å². The standard InChI is InChI=1S/C9H11BrN2O5/c1-5-7(12(16)17)3-11(2-6(14)4-13)9(15)8(5)10/h3,6,13-14H,2,4H2,1H3. The molecule has 0 fully saturated rings. The van der Waals surface area contributed by atoms with Crippen molar-refractivity contribution in [3.8, 4) is 0 Å². The molecule has 1 unspecified atom stereocenters. The van der Waals surface area contributed by atoms with E-state index in [0.717, 1.165) is 10.8 Å². The summed E-state index contributed by atoms with van der Waals surface area (Å²) in [6.45, 7) is 0.733. The second-order valence-electron chi connectivity index (χ2n) is 3.50. The Morgan fingerprint density at radius 1 is 1.65 bits per heavy atom. The molecule has 17 heavy (non-hydrogen) atoms. The highest BCUT2D eigenvalue weighted by Gasteiger charge is 2.19. The summed E-state index contributed by atoms with van der Waals surface area (Å²) >= 11 is 2.98. The molecule has 0 saturated heterocycles. The van der Waals surface area contributed by atoms with Gasteiger partial charge in [-0.3, -0.25) is 14.9 Å². The van der Waals surface area contributed by atoms with Gasteiger partial charge in [0.15, 0.2) is 0 Å². The molecule has 0 aromatic carbocycles. The first-order valence-corrected chi connectivity index (χ1v) is 5.50. The van der Waals surface area contributed by atoms with Gasteiger partial charge in [-0.05, 0) is 22.9 Å². The van der Waals surface area contributed by atoms with Crippen molar-refractivity contribution >= 4 is 21.6 Å². The Bertz CT molecular complexity index is 499. The number of aliphatic hydroxyl groups excluding tert-OH is 2. The minimum Gasteiger partial charge on any atom is -0.394 e. The fourth-order valence-electron chi connectivity index (χ4n) is 1.31. The van der Waals surface area contributed by atoms with Gasteiger partial charge in [0.1, 0.15) is 0 Å². The van der Waals surface area contributed by atoms with Crippen molar-refractivity contribution in [3.05, 3.63) is 36.7 Å². The van der Waals surface area contributed by atoms with Crippen LogP contribution in [0.25, 0.3) is 0 Å². The molecular weight excluding hydrogens is 296 g/mol. The molecule has 94 valence electrons. The number of nitrogens with zero attached hydrogens (tertiary/aromatic N) is 2. The summed E-state index contributed by atoms with van der Waals surface area (Å²) in [4.78, 5) is 21.9. The zero-order chi connectivity index (χ0) is 13.2. The van der Waals surface area contributed by atoms with Gasteiger partial charge in [-0.2, -0.15) is 0 Å². The molecule has 0 radical (unpaired) electrons. The van der Waals surface area contributed by atoms with Crippen LogP contribution in [0.2, 0.25) is 0 Å². The SMILES string of the molecule is Cc1c([N+](=O)[O-])cn(CC(O)CO)c(=O)c1Br. The van der Waals surface area contributed by atoms with Gasteiger partial charge in [-0.1, -0.05) is 0 Å². The van der Waals surface area contributed by atoms with E-state index in [1.807, 2.05) is 0 Å². The Kier molecular flexibility index (Phi) is 4.38. The first-order valence-electron chi connectivity index (χ1n) is 4.71. The van der Waals surface area contributed by atoms with Crippen LogP contribution in [0.5, 0.6) is 0 Å². The molecule has 0 bridgehead atoms. The quantitative estimate of drug-likeness (QED) is 0.610.